The molecule has 0 bridgehead atoms. The van der Waals surface area contributed by atoms with Crippen molar-refractivity contribution in [2.45, 2.75) is 26.3 Å². The van der Waals surface area contributed by atoms with Gasteiger partial charge in [-0.25, -0.2) is 0 Å². The summed E-state index contributed by atoms with van der Waals surface area (Å²) in [4.78, 5) is 0. The van der Waals surface area contributed by atoms with E-state index in [1.165, 1.54) is 15.6 Å². The molecule has 0 aliphatic rings. The van der Waals surface area contributed by atoms with E-state index in [-0.39, 0.29) is 0 Å². The van der Waals surface area contributed by atoms with Gasteiger partial charge in [0.2, 0.25) is 0 Å². The fourth-order valence-corrected chi connectivity index (χ4v) is 1.69. The zero-order valence-electron chi connectivity index (χ0n) is 9.84. The van der Waals surface area contributed by atoms with Gasteiger partial charge in [-0.15, -0.1) is 0 Å². The van der Waals surface area contributed by atoms with Gasteiger partial charge in [0.05, 0.1) is 6.61 Å². The Morgan fingerprint density at radius 1 is 1.19 bits per heavy atom. The monoisotopic (exact) mass is 333 g/mol. The van der Waals surface area contributed by atoms with Crippen LogP contribution in [0.3, 0.4) is 0 Å². The van der Waals surface area contributed by atoms with E-state index in [4.69, 9.17) is 4.74 Å². The molecule has 0 unspecified atom stereocenters. The number of benzene rings is 1. The number of hydrogen-bond acceptors (Lipinski definition) is 2. The maximum atomic E-state index is 5.47. The van der Waals surface area contributed by atoms with Crippen LogP contribution in [-0.2, 0) is 11.3 Å². The Bertz CT molecular complexity index is 274. The van der Waals surface area contributed by atoms with E-state index < -0.39 is 0 Å². The van der Waals surface area contributed by atoms with Gasteiger partial charge < -0.3 is 10.1 Å². The Kier molecular flexibility index (Phi) is 7.80. The highest BCUT2D eigenvalue weighted by Gasteiger charge is 1.92. The minimum Gasteiger partial charge on any atom is -0.380 e. The Morgan fingerprint density at radius 2 is 1.94 bits per heavy atom. The smallest absolute Gasteiger partial charge is 0.0591 e. The van der Waals surface area contributed by atoms with E-state index in [0.717, 1.165) is 32.7 Å². The Labute approximate surface area is 112 Å². The first-order chi connectivity index (χ1) is 7.83. The molecule has 16 heavy (non-hydrogen) atoms. The molecular formula is C13H20INO. The molecule has 0 aliphatic carbocycles. The molecule has 1 aromatic carbocycles. The van der Waals surface area contributed by atoms with E-state index in [1.54, 1.807) is 0 Å². The third-order valence-corrected chi connectivity index (χ3v) is 3.03. The number of nitrogens with one attached hydrogen (secondary N) is 1. The molecule has 0 amide bonds. The first-order valence-electron chi connectivity index (χ1n) is 5.86. The van der Waals surface area contributed by atoms with Crippen LogP contribution in [-0.4, -0.2) is 19.8 Å². The summed E-state index contributed by atoms with van der Waals surface area (Å²) >= 11 is 2.32. The maximum absolute atomic E-state index is 5.47. The van der Waals surface area contributed by atoms with Crippen molar-refractivity contribution in [3.63, 3.8) is 0 Å². The molecule has 0 fully saturated rings. The Morgan fingerprint density at radius 3 is 2.62 bits per heavy atom. The molecule has 0 radical (unpaired) electrons. The lowest BCUT2D eigenvalue weighted by Crippen LogP contribution is -2.19. The first-order valence-corrected chi connectivity index (χ1v) is 6.93. The third kappa shape index (κ3) is 6.45. The summed E-state index contributed by atoms with van der Waals surface area (Å²) in [6.45, 7) is 5.73. The average Bonchev–Trinajstić information content (AvgIpc) is 2.30. The van der Waals surface area contributed by atoms with Crippen LogP contribution >= 0.6 is 22.6 Å². The van der Waals surface area contributed by atoms with E-state index in [9.17, 15) is 0 Å². The van der Waals surface area contributed by atoms with E-state index in [0.29, 0.717) is 0 Å². The molecule has 1 N–H and O–H groups in total. The molecule has 0 atom stereocenters. The van der Waals surface area contributed by atoms with Crippen molar-refractivity contribution < 1.29 is 4.74 Å². The van der Waals surface area contributed by atoms with Crippen molar-refractivity contribution >= 4 is 22.6 Å². The van der Waals surface area contributed by atoms with Crippen LogP contribution in [0.1, 0.15) is 25.3 Å². The van der Waals surface area contributed by atoms with E-state index in [1.807, 2.05) is 0 Å². The van der Waals surface area contributed by atoms with Crippen molar-refractivity contribution in [3.8, 4) is 0 Å². The number of hydrogen-bond donors (Lipinski definition) is 1. The highest BCUT2D eigenvalue weighted by molar-refractivity contribution is 14.1. The Balaban J connectivity index is 2.01. The largest absolute Gasteiger partial charge is 0.380 e. The number of halogens is 1. The summed E-state index contributed by atoms with van der Waals surface area (Å²) in [5.74, 6) is 0. The van der Waals surface area contributed by atoms with Crippen LogP contribution in [0.25, 0.3) is 0 Å². The fraction of sp³-hybridized carbons (Fsp3) is 0.538. The molecule has 0 saturated heterocycles. The van der Waals surface area contributed by atoms with Gasteiger partial charge in [-0.3, -0.25) is 0 Å². The standard InChI is InChI=1S/C13H20INO/c1-2-3-9-16-10-8-15-11-12-4-6-13(14)7-5-12/h4-7,15H,2-3,8-11H2,1H3. The van der Waals surface area contributed by atoms with Crippen LogP contribution in [0.15, 0.2) is 24.3 Å². The van der Waals surface area contributed by atoms with E-state index in [2.05, 4.69) is 59.1 Å². The topological polar surface area (TPSA) is 21.3 Å². The van der Waals surface area contributed by atoms with Crippen LogP contribution in [0.5, 0.6) is 0 Å². The van der Waals surface area contributed by atoms with Gasteiger partial charge in [-0.2, -0.15) is 0 Å². The number of rotatable bonds is 8. The summed E-state index contributed by atoms with van der Waals surface area (Å²) in [5, 5.41) is 3.37. The summed E-state index contributed by atoms with van der Waals surface area (Å²) in [6.07, 6.45) is 2.37. The van der Waals surface area contributed by atoms with Crippen molar-refractivity contribution in [1.82, 2.24) is 5.32 Å². The molecule has 3 heteroatoms. The van der Waals surface area contributed by atoms with Gasteiger partial charge in [0.25, 0.3) is 0 Å². The maximum Gasteiger partial charge on any atom is 0.0591 e. The molecule has 0 aromatic heterocycles. The minimum absolute atomic E-state index is 0.810. The molecule has 1 rings (SSSR count). The highest BCUT2D eigenvalue weighted by Crippen LogP contribution is 2.06. The second kappa shape index (κ2) is 8.96. The van der Waals surface area contributed by atoms with Crippen molar-refractivity contribution in [2.75, 3.05) is 19.8 Å². The molecule has 0 spiro atoms. The number of unbranched alkanes of at least 4 members (excludes halogenated alkanes) is 1. The predicted octanol–water partition coefficient (Wildman–Crippen LogP) is 3.20. The summed E-state index contributed by atoms with van der Waals surface area (Å²) < 4.78 is 6.75. The zero-order valence-corrected chi connectivity index (χ0v) is 12.0. The Hall–Kier alpha value is -0.130. The second-order valence-electron chi connectivity index (χ2n) is 3.77. The lowest BCUT2D eigenvalue weighted by molar-refractivity contribution is 0.133. The van der Waals surface area contributed by atoms with Crippen molar-refractivity contribution in [3.05, 3.63) is 33.4 Å². The zero-order chi connectivity index (χ0) is 11.6. The normalized spacial score (nSPS) is 10.6. The number of ether oxygens (including phenoxy) is 1. The molecule has 1 aromatic rings. The minimum atomic E-state index is 0.810. The molecule has 90 valence electrons. The van der Waals surface area contributed by atoms with Gasteiger partial charge in [0.1, 0.15) is 0 Å². The summed E-state index contributed by atoms with van der Waals surface area (Å²) in [7, 11) is 0. The van der Waals surface area contributed by atoms with Crippen LogP contribution < -0.4 is 5.32 Å². The molecule has 0 heterocycles. The van der Waals surface area contributed by atoms with E-state index >= 15 is 0 Å². The average molecular weight is 333 g/mol. The van der Waals surface area contributed by atoms with Gasteiger partial charge in [0.15, 0.2) is 0 Å². The lowest BCUT2D eigenvalue weighted by atomic mass is 10.2. The molecular weight excluding hydrogens is 313 g/mol. The third-order valence-electron chi connectivity index (χ3n) is 2.31. The predicted molar refractivity (Wildman–Crippen MR) is 76.6 cm³/mol. The quantitative estimate of drug-likeness (QED) is 0.583. The summed E-state index contributed by atoms with van der Waals surface area (Å²) in [6, 6.07) is 8.59. The molecule has 0 saturated carbocycles. The summed E-state index contributed by atoms with van der Waals surface area (Å²) in [5.41, 5.74) is 1.33. The van der Waals surface area contributed by atoms with Crippen molar-refractivity contribution in [2.24, 2.45) is 0 Å². The molecule has 0 aliphatic heterocycles. The highest BCUT2D eigenvalue weighted by atomic mass is 127. The van der Waals surface area contributed by atoms with Gasteiger partial charge >= 0.3 is 0 Å². The van der Waals surface area contributed by atoms with Gasteiger partial charge in [0, 0.05) is 23.3 Å². The van der Waals surface area contributed by atoms with Crippen LogP contribution in [0, 0.1) is 3.57 Å². The molecule has 2 nitrogen and oxygen atoms in total. The van der Waals surface area contributed by atoms with Gasteiger partial charge in [-0.05, 0) is 46.7 Å². The first kappa shape index (κ1) is 13.9. The van der Waals surface area contributed by atoms with Gasteiger partial charge in [-0.1, -0.05) is 25.5 Å². The van der Waals surface area contributed by atoms with Crippen LogP contribution in [0.4, 0.5) is 0 Å². The van der Waals surface area contributed by atoms with Crippen molar-refractivity contribution in [1.29, 1.82) is 0 Å². The lowest BCUT2D eigenvalue weighted by Gasteiger charge is -2.06. The van der Waals surface area contributed by atoms with Crippen LogP contribution in [0.2, 0.25) is 0 Å². The SMILES string of the molecule is CCCCOCCNCc1ccc(I)cc1. The fourth-order valence-electron chi connectivity index (χ4n) is 1.33. The second-order valence-corrected chi connectivity index (χ2v) is 5.01.